The standard InChI is InChI=1S/C21H21FN2O/c1-2-24(20-13-7-10-16-8-3-5-11-18(16)20)21(25)15-23-14-17-9-4-6-12-19(17)22/h3-13,23H,2,14-15H2,1H3. The molecule has 0 spiro atoms. The van der Waals surface area contributed by atoms with Gasteiger partial charge in [0.05, 0.1) is 12.2 Å². The minimum Gasteiger partial charge on any atom is -0.311 e. The third kappa shape index (κ3) is 3.86. The lowest BCUT2D eigenvalue weighted by atomic mass is 10.1. The van der Waals surface area contributed by atoms with E-state index in [0.717, 1.165) is 16.5 Å². The molecule has 0 unspecified atom stereocenters. The largest absolute Gasteiger partial charge is 0.311 e. The van der Waals surface area contributed by atoms with Crippen molar-refractivity contribution in [3.05, 3.63) is 78.1 Å². The number of carbonyl (C=O) groups is 1. The smallest absolute Gasteiger partial charge is 0.240 e. The quantitative estimate of drug-likeness (QED) is 0.734. The summed E-state index contributed by atoms with van der Waals surface area (Å²) in [6.07, 6.45) is 0. The number of hydrogen-bond acceptors (Lipinski definition) is 2. The van der Waals surface area contributed by atoms with E-state index >= 15 is 0 Å². The monoisotopic (exact) mass is 336 g/mol. The fourth-order valence-corrected chi connectivity index (χ4v) is 2.97. The van der Waals surface area contributed by atoms with Crippen LogP contribution >= 0.6 is 0 Å². The number of amides is 1. The van der Waals surface area contributed by atoms with Crippen LogP contribution in [0.15, 0.2) is 66.7 Å². The summed E-state index contributed by atoms with van der Waals surface area (Å²) in [4.78, 5) is 14.4. The Labute approximate surface area is 147 Å². The van der Waals surface area contributed by atoms with Crippen molar-refractivity contribution < 1.29 is 9.18 Å². The molecular weight excluding hydrogens is 315 g/mol. The minimum absolute atomic E-state index is 0.0322. The fourth-order valence-electron chi connectivity index (χ4n) is 2.97. The van der Waals surface area contributed by atoms with Crippen molar-refractivity contribution >= 4 is 22.4 Å². The van der Waals surface area contributed by atoms with Crippen molar-refractivity contribution in [3.63, 3.8) is 0 Å². The molecule has 128 valence electrons. The number of likely N-dealkylation sites (N-methyl/N-ethyl adjacent to an activating group) is 1. The first-order valence-corrected chi connectivity index (χ1v) is 8.43. The van der Waals surface area contributed by atoms with Gasteiger partial charge in [0.25, 0.3) is 0 Å². The summed E-state index contributed by atoms with van der Waals surface area (Å²) in [5, 5.41) is 5.20. The van der Waals surface area contributed by atoms with Gasteiger partial charge in [0.2, 0.25) is 5.91 Å². The summed E-state index contributed by atoms with van der Waals surface area (Å²) < 4.78 is 13.6. The van der Waals surface area contributed by atoms with Crippen LogP contribution in [0.1, 0.15) is 12.5 Å². The van der Waals surface area contributed by atoms with Crippen molar-refractivity contribution in [1.82, 2.24) is 5.32 Å². The van der Waals surface area contributed by atoms with Gasteiger partial charge in [0.15, 0.2) is 0 Å². The molecule has 0 aliphatic heterocycles. The van der Waals surface area contributed by atoms with Gasteiger partial charge in [0.1, 0.15) is 5.82 Å². The molecule has 1 N–H and O–H groups in total. The van der Waals surface area contributed by atoms with Crippen molar-refractivity contribution in [2.24, 2.45) is 0 Å². The van der Waals surface area contributed by atoms with E-state index in [1.54, 1.807) is 23.1 Å². The number of fused-ring (bicyclic) bond motifs is 1. The highest BCUT2D eigenvalue weighted by Crippen LogP contribution is 2.26. The maximum Gasteiger partial charge on any atom is 0.240 e. The third-order valence-electron chi connectivity index (χ3n) is 4.22. The van der Waals surface area contributed by atoms with Gasteiger partial charge < -0.3 is 10.2 Å². The molecule has 3 aromatic rings. The highest BCUT2D eigenvalue weighted by molar-refractivity contribution is 6.04. The molecule has 0 saturated heterocycles. The molecule has 0 bridgehead atoms. The summed E-state index contributed by atoms with van der Waals surface area (Å²) in [5.74, 6) is -0.293. The SMILES string of the molecule is CCN(C(=O)CNCc1ccccc1F)c1cccc2ccccc12. The molecule has 25 heavy (non-hydrogen) atoms. The van der Waals surface area contributed by atoms with Crippen molar-refractivity contribution in [1.29, 1.82) is 0 Å². The second-order valence-electron chi connectivity index (χ2n) is 5.83. The van der Waals surface area contributed by atoms with Crippen LogP contribution < -0.4 is 10.2 Å². The van der Waals surface area contributed by atoms with Crippen LogP contribution in [-0.2, 0) is 11.3 Å². The zero-order valence-electron chi connectivity index (χ0n) is 14.2. The first-order chi connectivity index (χ1) is 12.2. The van der Waals surface area contributed by atoms with Gasteiger partial charge in [-0.1, -0.05) is 54.6 Å². The van der Waals surface area contributed by atoms with E-state index in [1.165, 1.54) is 6.07 Å². The summed E-state index contributed by atoms with van der Waals surface area (Å²) in [7, 11) is 0. The van der Waals surface area contributed by atoms with Gasteiger partial charge >= 0.3 is 0 Å². The highest BCUT2D eigenvalue weighted by atomic mass is 19.1. The molecular formula is C21H21FN2O. The molecule has 0 atom stereocenters. The molecule has 0 aliphatic carbocycles. The second kappa shape index (κ2) is 7.90. The maximum atomic E-state index is 13.6. The van der Waals surface area contributed by atoms with Gasteiger partial charge in [-0.05, 0) is 24.4 Å². The second-order valence-corrected chi connectivity index (χ2v) is 5.83. The van der Waals surface area contributed by atoms with Crippen LogP contribution in [0.4, 0.5) is 10.1 Å². The Kier molecular flexibility index (Phi) is 5.41. The molecule has 0 radical (unpaired) electrons. The van der Waals surface area contributed by atoms with Crippen LogP contribution in [-0.4, -0.2) is 19.0 Å². The third-order valence-corrected chi connectivity index (χ3v) is 4.22. The number of nitrogens with one attached hydrogen (secondary N) is 1. The summed E-state index contributed by atoms with van der Waals surface area (Å²) >= 11 is 0. The molecule has 0 aliphatic rings. The van der Waals surface area contributed by atoms with Crippen LogP contribution in [0, 0.1) is 5.82 Å². The Morgan fingerprint density at radius 2 is 1.72 bits per heavy atom. The zero-order chi connectivity index (χ0) is 17.6. The van der Waals surface area contributed by atoms with E-state index in [9.17, 15) is 9.18 Å². The minimum atomic E-state index is -0.260. The average Bonchev–Trinajstić information content (AvgIpc) is 2.64. The molecule has 0 saturated carbocycles. The van der Waals surface area contributed by atoms with Gasteiger partial charge in [0, 0.05) is 24.0 Å². The van der Waals surface area contributed by atoms with Gasteiger partial charge in [-0.15, -0.1) is 0 Å². The Hall–Kier alpha value is -2.72. The van der Waals surface area contributed by atoms with Crippen molar-refractivity contribution in [2.45, 2.75) is 13.5 Å². The Balaban J connectivity index is 1.72. The Bertz CT molecular complexity index is 873. The lowest BCUT2D eigenvalue weighted by Gasteiger charge is -2.23. The van der Waals surface area contributed by atoms with Gasteiger partial charge in [-0.25, -0.2) is 4.39 Å². The zero-order valence-corrected chi connectivity index (χ0v) is 14.2. The molecule has 0 fully saturated rings. The fraction of sp³-hybridized carbons (Fsp3) is 0.190. The van der Waals surface area contributed by atoms with Gasteiger partial charge in [-0.2, -0.15) is 0 Å². The number of nitrogens with zero attached hydrogens (tertiary/aromatic N) is 1. The normalized spacial score (nSPS) is 10.8. The Morgan fingerprint density at radius 3 is 2.52 bits per heavy atom. The predicted molar refractivity (Wildman–Crippen MR) is 100 cm³/mol. The van der Waals surface area contributed by atoms with Gasteiger partial charge in [-0.3, -0.25) is 4.79 Å². The highest BCUT2D eigenvalue weighted by Gasteiger charge is 2.15. The van der Waals surface area contributed by atoms with E-state index in [0.29, 0.717) is 18.7 Å². The van der Waals surface area contributed by atoms with Crippen molar-refractivity contribution in [2.75, 3.05) is 18.0 Å². The van der Waals surface area contributed by atoms with Crippen LogP contribution in [0.3, 0.4) is 0 Å². The van der Waals surface area contributed by atoms with Crippen LogP contribution in [0.25, 0.3) is 10.8 Å². The first kappa shape index (κ1) is 17.1. The molecule has 3 aromatic carbocycles. The molecule has 3 nitrogen and oxygen atoms in total. The number of halogens is 1. The summed E-state index contributed by atoms with van der Waals surface area (Å²) in [5.41, 5.74) is 1.46. The van der Waals surface area contributed by atoms with Crippen LogP contribution in [0.2, 0.25) is 0 Å². The number of anilines is 1. The predicted octanol–water partition coefficient (Wildman–Crippen LogP) is 4.12. The first-order valence-electron chi connectivity index (χ1n) is 8.43. The van der Waals surface area contributed by atoms with E-state index < -0.39 is 0 Å². The maximum absolute atomic E-state index is 13.6. The summed E-state index contributed by atoms with van der Waals surface area (Å²) in [6, 6.07) is 20.6. The van der Waals surface area contributed by atoms with E-state index in [4.69, 9.17) is 0 Å². The lowest BCUT2D eigenvalue weighted by Crippen LogP contribution is -2.38. The van der Waals surface area contributed by atoms with E-state index in [1.807, 2.05) is 49.4 Å². The number of benzene rings is 3. The molecule has 1 amide bonds. The Morgan fingerprint density at radius 1 is 1.00 bits per heavy atom. The lowest BCUT2D eigenvalue weighted by molar-refractivity contribution is -0.117. The number of hydrogen-bond donors (Lipinski definition) is 1. The topological polar surface area (TPSA) is 32.3 Å². The summed E-state index contributed by atoms with van der Waals surface area (Å²) in [6.45, 7) is 3.02. The van der Waals surface area contributed by atoms with Crippen molar-refractivity contribution in [3.8, 4) is 0 Å². The van der Waals surface area contributed by atoms with E-state index in [-0.39, 0.29) is 18.3 Å². The molecule has 0 aromatic heterocycles. The molecule has 0 heterocycles. The molecule has 3 rings (SSSR count). The number of carbonyl (C=O) groups excluding carboxylic acids is 1. The average molecular weight is 336 g/mol. The number of rotatable bonds is 6. The van der Waals surface area contributed by atoms with Crippen LogP contribution in [0.5, 0.6) is 0 Å². The van der Waals surface area contributed by atoms with E-state index in [2.05, 4.69) is 5.32 Å². The molecule has 4 heteroatoms.